The van der Waals surface area contributed by atoms with Crippen molar-refractivity contribution in [1.82, 2.24) is 14.5 Å². The van der Waals surface area contributed by atoms with Crippen molar-refractivity contribution in [2.24, 2.45) is 0 Å². The Kier molecular flexibility index (Phi) is 4.28. The molecule has 0 unspecified atom stereocenters. The van der Waals surface area contributed by atoms with E-state index in [0.29, 0.717) is 28.2 Å². The molecule has 0 spiro atoms. The van der Waals surface area contributed by atoms with Gasteiger partial charge in [-0.1, -0.05) is 53.5 Å². The molecule has 0 aliphatic carbocycles. The SMILES string of the molecule is CC(C)(C)N1Cn2c(nc(-c3ccccc3Cl)c2-c2ccc(Cl)cc2)C1=O. The van der Waals surface area contributed by atoms with Crippen LogP contribution in [-0.4, -0.2) is 25.9 Å². The number of fused-ring (bicyclic) bond motifs is 1. The van der Waals surface area contributed by atoms with Gasteiger partial charge in [-0.15, -0.1) is 0 Å². The normalized spacial score (nSPS) is 14.0. The molecule has 0 fully saturated rings. The summed E-state index contributed by atoms with van der Waals surface area (Å²) in [6.07, 6.45) is 0. The summed E-state index contributed by atoms with van der Waals surface area (Å²) in [5.41, 5.74) is 3.03. The molecule has 4 nitrogen and oxygen atoms in total. The highest BCUT2D eigenvalue weighted by molar-refractivity contribution is 6.33. The molecule has 4 rings (SSSR count). The van der Waals surface area contributed by atoms with Gasteiger partial charge in [0, 0.05) is 21.7 Å². The lowest BCUT2D eigenvalue weighted by atomic mass is 10.0. The van der Waals surface area contributed by atoms with Gasteiger partial charge in [-0.05, 0) is 39.0 Å². The first-order chi connectivity index (χ1) is 12.8. The van der Waals surface area contributed by atoms with Crippen molar-refractivity contribution in [3.05, 3.63) is 64.4 Å². The van der Waals surface area contributed by atoms with Gasteiger partial charge >= 0.3 is 0 Å². The van der Waals surface area contributed by atoms with Crippen molar-refractivity contribution in [1.29, 1.82) is 0 Å². The van der Waals surface area contributed by atoms with Gasteiger partial charge in [-0.3, -0.25) is 4.79 Å². The van der Waals surface area contributed by atoms with Gasteiger partial charge < -0.3 is 9.47 Å². The summed E-state index contributed by atoms with van der Waals surface area (Å²) < 4.78 is 1.97. The van der Waals surface area contributed by atoms with E-state index < -0.39 is 0 Å². The smallest absolute Gasteiger partial charge is 0.291 e. The van der Waals surface area contributed by atoms with E-state index in [1.807, 2.05) is 78.8 Å². The highest BCUT2D eigenvalue weighted by Crippen LogP contribution is 2.39. The molecule has 0 saturated heterocycles. The summed E-state index contributed by atoms with van der Waals surface area (Å²) in [4.78, 5) is 19.5. The van der Waals surface area contributed by atoms with Gasteiger partial charge in [0.05, 0.1) is 16.4 Å². The lowest BCUT2D eigenvalue weighted by molar-refractivity contribution is 0.0580. The Labute approximate surface area is 168 Å². The Bertz CT molecular complexity index is 1030. The maximum Gasteiger partial charge on any atom is 0.291 e. The van der Waals surface area contributed by atoms with Crippen molar-refractivity contribution in [2.75, 3.05) is 0 Å². The van der Waals surface area contributed by atoms with Crippen LogP contribution in [0.1, 0.15) is 31.4 Å². The number of amides is 1. The second kappa shape index (κ2) is 6.39. The van der Waals surface area contributed by atoms with Gasteiger partial charge in [0.25, 0.3) is 5.91 Å². The number of hydrogen-bond donors (Lipinski definition) is 0. The average molecular weight is 400 g/mol. The molecule has 1 aliphatic heterocycles. The molecule has 138 valence electrons. The number of rotatable bonds is 2. The van der Waals surface area contributed by atoms with Crippen LogP contribution < -0.4 is 0 Å². The minimum absolute atomic E-state index is 0.0731. The lowest BCUT2D eigenvalue weighted by Crippen LogP contribution is -2.41. The van der Waals surface area contributed by atoms with Crippen LogP contribution in [0.25, 0.3) is 22.5 Å². The first-order valence-corrected chi connectivity index (χ1v) is 9.46. The highest BCUT2D eigenvalue weighted by atomic mass is 35.5. The number of hydrogen-bond acceptors (Lipinski definition) is 2. The molecule has 0 bridgehead atoms. The van der Waals surface area contributed by atoms with E-state index in [0.717, 1.165) is 16.8 Å². The molecule has 0 saturated carbocycles. The number of carbonyl (C=O) groups is 1. The van der Waals surface area contributed by atoms with Crippen molar-refractivity contribution < 1.29 is 4.79 Å². The fraction of sp³-hybridized carbons (Fsp3) is 0.238. The molecule has 27 heavy (non-hydrogen) atoms. The molecule has 3 aromatic rings. The predicted octanol–water partition coefficient (Wildman–Crippen LogP) is 5.74. The first-order valence-electron chi connectivity index (χ1n) is 8.70. The maximum absolute atomic E-state index is 13.0. The van der Waals surface area contributed by atoms with Crippen molar-refractivity contribution in [3.8, 4) is 22.5 Å². The molecule has 1 aromatic heterocycles. The van der Waals surface area contributed by atoms with Gasteiger partial charge in [0.15, 0.2) is 0 Å². The third kappa shape index (κ3) is 3.03. The van der Waals surface area contributed by atoms with Gasteiger partial charge in [0.1, 0.15) is 6.67 Å². The lowest BCUT2D eigenvalue weighted by Gasteiger charge is -2.31. The molecular weight excluding hydrogens is 381 g/mol. The monoisotopic (exact) mass is 399 g/mol. The van der Waals surface area contributed by atoms with E-state index in [2.05, 4.69) is 0 Å². The summed E-state index contributed by atoms with van der Waals surface area (Å²) >= 11 is 12.5. The highest BCUT2D eigenvalue weighted by Gasteiger charge is 2.39. The van der Waals surface area contributed by atoms with E-state index in [1.165, 1.54) is 0 Å². The largest absolute Gasteiger partial charge is 0.313 e. The fourth-order valence-corrected chi connectivity index (χ4v) is 3.69. The van der Waals surface area contributed by atoms with E-state index in [9.17, 15) is 4.79 Å². The number of aromatic nitrogens is 2. The second-order valence-electron chi connectivity index (χ2n) is 7.59. The Morgan fingerprint density at radius 3 is 2.30 bits per heavy atom. The quantitative estimate of drug-likeness (QED) is 0.551. The summed E-state index contributed by atoms with van der Waals surface area (Å²) in [6.45, 7) is 6.52. The molecular formula is C21H19Cl2N3O. The molecule has 2 aromatic carbocycles. The van der Waals surface area contributed by atoms with Crippen LogP contribution in [0.3, 0.4) is 0 Å². The number of benzene rings is 2. The second-order valence-corrected chi connectivity index (χ2v) is 8.44. The molecule has 2 heterocycles. The van der Waals surface area contributed by atoms with Crippen LogP contribution in [0.2, 0.25) is 10.0 Å². The topological polar surface area (TPSA) is 38.1 Å². The summed E-state index contributed by atoms with van der Waals surface area (Å²) in [6, 6.07) is 15.1. The zero-order valence-electron chi connectivity index (χ0n) is 15.3. The van der Waals surface area contributed by atoms with Crippen LogP contribution in [0.5, 0.6) is 0 Å². The van der Waals surface area contributed by atoms with E-state index in [1.54, 1.807) is 0 Å². The molecule has 1 aliphatic rings. The molecule has 0 N–H and O–H groups in total. The molecule has 6 heteroatoms. The van der Waals surface area contributed by atoms with Gasteiger partial charge in [0.2, 0.25) is 5.82 Å². The molecule has 0 radical (unpaired) electrons. The minimum atomic E-state index is -0.292. The number of halogens is 2. The molecule has 1 amide bonds. The Hall–Kier alpha value is -2.30. The number of imidazole rings is 1. The van der Waals surface area contributed by atoms with E-state index in [-0.39, 0.29) is 11.4 Å². The summed E-state index contributed by atoms with van der Waals surface area (Å²) in [5.74, 6) is 0.362. The van der Waals surface area contributed by atoms with Crippen molar-refractivity contribution in [3.63, 3.8) is 0 Å². The summed E-state index contributed by atoms with van der Waals surface area (Å²) in [5, 5.41) is 1.26. The third-order valence-electron chi connectivity index (χ3n) is 4.74. The van der Waals surface area contributed by atoms with Crippen LogP contribution in [-0.2, 0) is 6.67 Å². The minimum Gasteiger partial charge on any atom is -0.313 e. The van der Waals surface area contributed by atoms with Crippen LogP contribution in [0.15, 0.2) is 48.5 Å². The van der Waals surface area contributed by atoms with E-state index in [4.69, 9.17) is 28.2 Å². The maximum atomic E-state index is 13.0. The number of carbonyl (C=O) groups excluding carboxylic acids is 1. The number of nitrogens with zero attached hydrogens (tertiary/aromatic N) is 3. The van der Waals surface area contributed by atoms with Gasteiger partial charge in [-0.25, -0.2) is 4.98 Å². The fourth-order valence-electron chi connectivity index (χ4n) is 3.34. The Morgan fingerprint density at radius 2 is 1.67 bits per heavy atom. The molecule has 0 atom stereocenters. The predicted molar refractivity (Wildman–Crippen MR) is 109 cm³/mol. The summed E-state index contributed by atoms with van der Waals surface area (Å²) in [7, 11) is 0. The first kappa shape index (κ1) is 18.1. The van der Waals surface area contributed by atoms with E-state index >= 15 is 0 Å². The zero-order valence-corrected chi connectivity index (χ0v) is 16.8. The average Bonchev–Trinajstić information content (AvgIpc) is 3.13. The third-order valence-corrected chi connectivity index (χ3v) is 5.32. The van der Waals surface area contributed by atoms with Crippen molar-refractivity contribution >= 4 is 29.1 Å². The zero-order chi connectivity index (χ0) is 19.3. The Balaban J connectivity index is 1.95. The van der Waals surface area contributed by atoms with Gasteiger partial charge in [-0.2, -0.15) is 0 Å². The Morgan fingerprint density at radius 1 is 1.00 bits per heavy atom. The van der Waals surface area contributed by atoms with Crippen molar-refractivity contribution in [2.45, 2.75) is 33.0 Å². The van der Waals surface area contributed by atoms with Crippen LogP contribution in [0.4, 0.5) is 0 Å². The standard InChI is InChI=1S/C21H19Cl2N3O/c1-21(2,3)26-12-25-18(13-8-10-14(22)11-9-13)17(24-19(25)20(26)27)15-6-4-5-7-16(15)23/h4-11H,12H2,1-3H3. The van der Waals surface area contributed by atoms with Crippen LogP contribution in [0, 0.1) is 0 Å². The van der Waals surface area contributed by atoms with Crippen LogP contribution >= 0.6 is 23.2 Å².